The molecule has 0 aliphatic heterocycles. The summed E-state index contributed by atoms with van der Waals surface area (Å²) in [6, 6.07) is 13.8. The summed E-state index contributed by atoms with van der Waals surface area (Å²) in [7, 11) is 1.63. The molecule has 116 valence electrons. The van der Waals surface area contributed by atoms with Crippen molar-refractivity contribution in [1.82, 2.24) is 0 Å². The van der Waals surface area contributed by atoms with Gasteiger partial charge in [-0.1, -0.05) is 44.2 Å². The average molecular weight is 297 g/mol. The third-order valence-electron chi connectivity index (χ3n) is 3.93. The second kappa shape index (κ2) is 6.65. The molecule has 0 saturated carbocycles. The van der Waals surface area contributed by atoms with Gasteiger partial charge in [0.1, 0.15) is 11.5 Å². The molecule has 0 aliphatic carbocycles. The van der Waals surface area contributed by atoms with E-state index in [2.05, 4.69) is 31.0 Å². The van der Waals surface area contributed by atoms with Crippen LogP contribution in [0.3, 0.4) is 0 Å². The molecule has 2 rings (SSSR count). The first kappa shape index (κ1) is 16.1. The predicted molar refractivity (Wildman–Crippen MR) is 91.4 cm³/mol. The van der Waals surface area contributed by atoms with Gasteiger partial charge in [0.2, 0.25) is 0 Å². The van der Waals surface area contributed by atoms with Crippen LogP contribution in [0.1, 0.15) is 37.5 Å². The number of benzene rings is 2. The summed E-state index contributed by atoms with van der Waals surface area (Å²) < 4.78 is 5.39. The minimum absolute atomic E-state index is 0.256. The lowest BCUT2D eigenvalue weighted by Crippen LogP contribution is -2.19. The minimum Gasteiger partial charge on any atom is -0.507 e. The van der Waals surface area contributed by atoms with Crippen LogP contribution in [0.5, 0.6) is 11.5 Å². The number of aliphatic imine (C=N–C) groups is 1. The molecule has 0 fully saturated rings. The van der Waals surface area contributed by atoms with Crippen molar-refractivity contribution in [3.05, 3.63) is 59.2 Å². The molecular weight excluding hydrogens is 274 g/mol. The number of ether oxygens (including phenoxy) is 1. The Balaban J connectivity index is 2.61. The molecular formula is C19H23NO2. The third kappa shape index (κ3) is 3.14. The van der Waals surface area contributed by atoms with E-state index in [1.807, 2.05) is 31.2 Å². The van der Waals surface area contributed by atoms with Crippen LogP contribution in [-0.4, -0.2) is 25.0 Å². The second-order valence-corrected chi connectivity index (χ2v) is 5.73. The van der Waals surface area contributed by atoms with Gasteiger partial charge in [-0.05, 0) is 24.6 Å². The standard InChI is InChI=1S/C19H23NO2/c1-5-20-13-14-11-16(22-4)12-17(18(14)21)19(2,3)15-9-7-6-8-10-15/h6-13,21H,5H2,1-4H3. The van der Waals surface area contributed by atoms with Crippen LogP contribution in [0.15, 0.2) is 47.5 Å². The van der Waals surface area contributed by atoms with Crippen molar-refractivity contribution in [1.29, 1.82) is 0 Å². The van der Waals surface area contributed by atoms with Crippen molar-refractivity contribution in [2.75, 3.05) is 13.7 Å². The Bertz CT molecular complexity index is 661. The van der Waals surface area contributed by atoms with Crippen molar-refractivity contribution < 1.29 is 9.84 Å². The first-order chi connectivity index (χ1) is 10.5. The van der Waals surface area contributed by atoms with E-state index in [9.17, 15) is 5.11 Å². The van der Waals surface area contributed by atoms with E-state index in [1.54, 1.807) is 19.4 Å². The highest BCUT2D eigenvalue weighted by Crippen LogP contribution is 2.40. The van der Waals surface area contributed by atoms with Gasteiger partial charge in [0.15, 0.2) is 0 Å². The maximum absolute atomic E-state index is 10.7. The van der Waals surface area contributed by atoms with Crippen LogP contribution >= 0.6 is 0 Å². The molecule has 0 unspecified atom stereocenters. The Labute approximate surface area is 132 Å². The quantitative estimate of drug-likeness (QED) is 0.842. The summed E-state index contributed by atoms with van der Waals surface area (Å²) in [6.07, 6.45) is 1.70. The van der Waals surface area contributed by atoms with Gasteiger partial charge in [0.05, 0.1) is 7.11 Å². The fourth-order valence-corrected chi connectivity index (χ4v) is 2.52. The zero-order valence-electron chi connectivity index (χ0n) is 13.6. The van der Waals surface area contributed by atoms with E-state index in [4.69, 9.17) is 4.74 Å². The minimum atomic E-state index is -0.339. The highest BCUT2D eigenvalue weighted by molar-refractivity contribution is 5.85. The van der Waals surface area contributed by atoms with Gasteiger partial charge in [0.25, 0.3) is 0 Å². The lowest BCUT2D eigenvalue weighted by Gasteiger charge is -2.28. The first-order valence-corrected chi connectivity index (χ1v) is 7.47. The van der Waals surface area contributed by atoms with E-state index in [0.29, 0.717) is 17.9 Å². The number of hydrogen-bond donors (Lipinski definition) is 1. The molecule has 0 amide bonds. The van der Waals surface area contributed by atoms with Gasteiger partial charge in [-0.3, -0.25) is 4.99 Å². The molecule has 0 bridgehead atoms. The van der Waals surface area contributed by atoms with Crippen molar-refractivity contribution >= 4 is 6.21 Å². The monoisotopic (exact) mass is 297 g/mol. The number of rotatable bonds is 5. The Morgan fingerprint density at radius 1 is 1.18 bits per heavy atom. The van der Waals surface area contributed by atoms with Gasteiger partial charge in [0, 0.05) is 29.3 Å². The summed E-state index contributed by atoms with van der Waals surface area (Å²) in [4.78, 5) is 4.23. The van der Waals surface area contributed by atoms with Gasteiger partial charge < -0.3 is 9.84 Å². The fourth-order valence-electron chi connectivity index (χ4n) is 2.52. The molecule has 0 heterocycles. The van der Waals surface area contributed by atoms with Crippen molar-refractivity contribution in [2.24, 2.45) is 4.99 Å². The molecule has 22 heavy (non-hydrogen) atoms. The molecule has 0 atom stereocenters. The first-order valence-electron chi connectivity index (χ1n) is 7.47. The van der Waals surface area contributed by atoms with Gasteiger partial charge in [-0.25, -0.2) is 0 Å². The van der Waals surface area contributed by atoms with Crippen LogP contribution < -0.4 is 4.74 Å². The Hall–Kier alpha value is -2.29. The van der Waals surface area contributed by atoms with Crippen LogP contribution in [0.4, 0.5) is 0 Å². The number of nitrogens with zero attached hydrogens (tertiary/aromatic N) is 1. The molecule has 0 aliphatic rings. The number of hydrogen-bond acceptors (Lipinski definition) is 3. The SMILES string of the molecule is CCN=Cc1cc(OC)cc(C(C)(C)c2ccccc2)c1O. The van der Waals surface area contributed by atoms with Gasteiger partial charge in [-0.2, -0.15) is 0 Å². The lowest BCUT2D eigenvalue weighted by molar-refractivity contribution is 0.407. The predicted octanol–water partition coefficient (Wildman–Crippen LogP) is 4.17. The zero-order chi connectivity index (χ0) is 16.2. The molecule has 0 spiro atoms. The zero-order valence-corrected chi connectivity index (χ0v) is 13.6. The van der Waals surface area contributed by atoms with Gasteiger partial charge in [-0.15, -0.1) is 0 Å². The largest absolute Gasteiger partial charge is 0.507 e. The Kier molecular flexibility index (Phi) is 4.86. The topological polar surface area (TPSA) is 41.8 Å². The Morgan fingerprint density at radius 2 is 1.86 bits per heavy atom. The van der Waals surface area contributed by atoms with Crippen LogP contribution in [0.25, 0.3) is 0 Å². The maximum Gasteiger partial charge on any atom is 0.128 e. The van der Waals surface area contributed by atoms with E-state index in [1.165, 1.54) is 0 Å². The van der Waals surface area contributed by atoms with Crippen LogP contribution in [0, 0.1) is 0 Å². The highest BCUT2D eigenvalue weighted by atomic mass is 16.5. The number of phenols is 1. The summed E-state index contributed by atoms with van der Waals surface area (Å²) >= 11 is 0. The van der Waals surface area contributed by atoms with E-state index in [-0.39, 0.29) is 11.2 Å². The molecule has 2 aromatic rings. The van der Waals surface area contributed by atoms with Crippen molar-refractivity contribution in [2.45, 2.75) is 26.2 Å². The molecule has 0 saturated heterocycles. The average Bonchev–Trinajstić information content (AvgIpc) is 2.54. The second-order valence-electron chi connectivity index (χ2n) is 5.73. The van der Waals surface area contributed by atoms with Crippen molar-refractivity contribution in [3.8, 4) is 11.5 Å². The maximum atomic E-state index is 10.7. The van der Waals surface area contributed by atoms with Gasteiger partial charge >= 0.3 is 0 Å². The van der Waals surface area contributed by atoms with E-state index in [0.717, 1.165) is 11.1 Å². The molecule has 0 aromatic heterocycles. The molecule has 3 heteroatoms. The van der Waals surface area contributed by atoms with Crippen LogP contribution in [-0.2, 0) is 5.41 Å². The lowest BCUT2D eigenvalue weighted by atomic mass is 9.77. The molecule has 3 nitrogen and oxygen atoms in total. The fraction of sp³-hybridized carbons (Fsp3) is 0.316. The summed E-state index contributed by atoms with van der Waals surface area (Å²) in [5, 5.41) is 10.7. The molecule has 1 N–H and O–H groups in total. The molecule has 2 aromatic carbocycles. The number of aromatic hydroxyl groups is 1. The van der Waals surface area contributed by atoms with Crippen molar-refractivity contribution in [3.63, 3.8) is 0 Å². The highest BCUT2D eigenvalue weighted by Gasteiger charge is 2.28. The summed E-state index contributed by atoms with van der Waals surface area (Å²) in [6.45, 7) is 6.83. The third-order valence-corrected chi connectivity index (χ3v) is 3.93. The summed E-state index contributed by atoms with van der Waals surface area (Å²) in [5.74, 6) is 0.973. The van der Waals surface area contributed by atoms with Crippen LogP contribution in [0.2, 0.25) is 0 Å². The van der Waals surface area contributed by atoms with E-state index < -0.39 is 0 Å². The smallest absolute Gasteiger partial charge is 0.128 e. The summed E-state index contributed by atoms with van der Waals surface area (Å²) in [5.41, 5.74) is 2.31. The number of phenolic OH excluding ortho intramolecular Hbond substituents is 1. The Morgan fingerprint density at radius 3 is 2.45 bits per heavy atom. The molecule has 0 radical (unpaired) electrons. The number of methoxy groups -OCH3 is 1. The van der Waals surface area contributed by atoms with E-state index >= 15 is 0 Å². The normalized spacial score (nSPS) is 11.8.